The Morgan fingerprint density at radius 3 is 2.76 bits per heavy atom. The second-order valence-corrected chi connectivity index (χ2v) is 7.57. The van der Waals surface area contributed by atoms with E-state index in [4.69, 9.17) is 20.9 Å². The minimum Gasteiger partial charge on any atom is -0.487 e. The van der Waals surface area contributed by atoms with Gasteiger partial charge in [-0.15, -0.1) is 0 Å². The lowest BCUT2D eigenvalue weighted by Crippen LogP contribution is -2.33. The van der Waals surface area contributed by atoms with E-state index in [1.807, 2.05) is 0 Å². The quantitative estimate of drug-likeness (QED) is 0.172. The number of aromatic nitrogens is 4. The third-order valence-corrected chi connectivity index (χ3v) is 5.21. The minimum absolute atomic E-state index is 0.0212. The summed E-state index contributed by atoms with van der Waals surface area (Å²) in [5, 5.41) is 34.4. The van der Waals surface area contributed by atoms with E-state index in [1.165, 1.54) is 10.9 Å². The maximum atomic E-state index is 11.5. The largest absolute Gasteiger partial charge is 0.487 e. The summed E-state index contributed by atoms with van der Waals surface area (Å²) in [6, 6.07) is 6.55. The maximum absolute atomic E-state index is 11.5. The molecule has 0 bridgehead atoms. The van der Waals surface area contributed by atoms with Crippen LogP contribution in [0.15, 0.2) is 35.7 Å². The number of hydrazone groups is 1. The summed E-state index contributed by atoms with van der Waals surface area (Å²) in [6.45, 7) is 1.20. The van der Waals surface area contributed by atoms with Crippen LogP contribution in [0, 0.1) is 0 Å². The van der Waals surface area contributed by atoms with Crippen molar-refractivity contribution in [1.82, 2.24) is 19.5 Å². The topological polar surface area (TPSA) is 216 Å². The third-order valence-electron chi connectivity index (χ3n) is 5.21. The Labute approximate surface area is 192 Å². The normalized spacial score (nSPS) is 22.8. The van der Waals surface area contributed by atoms with Crippen LogP contribution in [0.2, 0.25) is 0 Å². The van der Waals surface area contributed by atoms with Gasteiger partial charge in [-0.2, -0.15) is 5.10 Å². The molecule has 4 rings (SSSR count). The summed E-state index contributed by atoms with van der Waals surface area (Å²) >= 11 is 0. The molecule has 3 aromatic rings. The number of ether oxygens (including phenoxy) is 2. The second-order valence-electron chi connectivity index (χ2n) is 7.57. The molecule has 2 aromatic heterocycles. The van der Waals surface area contributed by atoms with Crippen LogP contribution in [0.5, 0.6) is 5.75 Å². The number of para-hydroxylation sites is 1. The van der Waals surface area contributed by atoms with E-state index in [0.29, 0.717) is 11.5 Å². The van der Waals surface area contributed by atoms with Gasteiger partial charge in [-0.3, -0.25) is 9.36 Å². The van der Waals surface area contributed by atoms with Crippen molar-refractivity contribution in [2.75, 3.05) is 24.4 Å². The predicted octanol–water partition coefficient (Wildman–Crippen LogP) is -1.01. The number of aliphatic hydroxyl groups excluding tert-OH is 3. The molecule has 1 aromatic carbocycles. The van der Waals surface area contributed by atoms with E-state index >= 15 is 0 Å². The highest BCUT2D eigenvalue weighted by Gasteiger charge is 2.45. The summed E-state index contributed by atoms with van der Waals surface area (Å²) in [5.74, 6) is -0.125. The average Bonchev–Trinajstić information content (AvgIpc) is 3.34. The number of rotatable bonds is 8. The van der Waals surface area contributed by atoms with Crippen molar-refractivity contribution in [3.63, 3.8) is 0 Å². The molecule has 4 unspecified atom stereocenters. The summed E-state index contributed by atoms with van der Waals surface area (Å²) in [5.41, 5.74) is 15.2. The van der Waals surface area contributed by atoms with Crippen LogP contribution in [0.1, 0.15) is 23.5 Å². The Morgan fingerprint density at radius 2 is 2.06 bits per heavy atom. The molecule has 1 fully saturated rings. The zero-order chi connectivity index (χ0) is 24.4. The Morgan fingerprint density at radius 1 is 1.29 bits per heavy atom. The lowest BCUT2D eigenvalue weighted by atomic mass is 10.1. The number of hydrogen-bond donors (Lipinski definition) is 6. The molecule has 14 nitrogen and oxygen atoms in total. The van der Waals surface area contributed by atoms with E-state index in [1.54, 1.807) is 31.2 Å². The molecule has 1 saturated heterocycles. The van der Waals surface area contributed by atoms with Gasteiger partial charge in [0, 0.05) is 0 Å². The molecule has 0 spiro atoms. The Bertz CT molecular complexity index is 1230. The van der Waals surface area contributed by atoms with Gasteiger partial charge in [-0.1, -0.05) is 12.1 Å². The molecule has 1 aliphatic heterocycles. The van der Waals surface area contributed by atoms with E-state index in [-0.39, 0.29) is 35.1 Å². The number of carbonyl (C=O) groups excluding carboxylic acids is 1. The summed E-state index contributed by atoms with van der Waals surface area (Å²) in [7, 11) is 0. The van der Waals surface area contributed by atoms with E-state index in [0.717, 1.165) is 0 Å². The number of imidazole rings is 1. The first-order valence-corrected chi connectivity index (χ1v) is 10.2. The maximum Gasteiger partial charge on any atom is 0.252 e. The zero-order valence-corrected chi connectivity index (χ0v) is 18.1. The number of fused-ring (bicyclic) bond motifs is 1. The van der Waals surface area contributed by atoms with Gasteiger partial charge >= 0.3 is 0 Å². The summed E-state index contributed by atoms with van der Waals surface area (Å²) in [4.78, 5) is 24.0. The molecule has 0 saturated carbocycles. The summed E-state index contributed by atoms with van der Waals surface area (Å²) < 4.78 is 12.7. The number of nitrogens with one attached hydrogen (secondary N) is 1. The van der Waals surface area contributed by atoms with E-state index < -0.39 is 37.1 Å². The van der Waals surface area contributed by atoms with Crippen molar-refractivity contribution >= 4 is 34.5 Å². The monoisotopic (exact) mass is 472 g/mol. The Balaban J connectivity index is 1.60. The molecule has 180 valence electrons. The van der Waals surface area contributed by atoms with Gasteiger partial charge in [0.1, 0.15) is 37.0 Å². The molecule has 14 heteroatoms. The van der Waals surface area contributed by atoms with Gasteiger partial charge in [0.2, 0.25) is 5.95 Å². The fourth-order valence-electron chi connectivity index (χ4n) is 3.50. The molecular weight excluding hydrogens is 448 g/mol. The number of anilines is 2. The van der Waals surface area contributed by atoms with Crippen LogP contribution in [-0.4, -0.2) is 78.0 Å². The number of primary amides is 1. The highest BCUT2D eigenvalue weighted by Crippen LogP contribution is 2.35. The van der Waals surface area contributed by atoms with Gasteiger partial charge in [-0.25, -0.2) is 20.4 Å². The van der Waals surface area contributed by atoms with E-state index in [9.17, 15) is 20.1 Å². The highest BCUT2D eigenvalue weighted by molar-refractivity contribution is 5.95. The summed E-state index contributed by atoms with van der Waals surface area (Å²) in [6.07, 6.45) is -3.63. The lowest BCUT2D eigenvalue weighted by Gasteiger charge is -2.19. The second kappa shape index (κ2) is 9.56. The standard InChI is InChI=1S/C20H24N8O6/c1-9(7-33-11-5-3-2-4-10(11)17(22)32)26-27-20-25-13-16(21)23-8-24-18(13)28(20)19-15(31)14(30)12(6-29)34-19/h2-5,8,12,14-15,19,29-31H,6-7H2,1H3,(H2,22,32)(H,25,27)(H2,21,23,24)/b26-9-. The van der Waals surface area contributed by atoms with Crippen molar-refractivity contribution in [1.29, 1.82) is 0 Å². The molecule has 8 N–H and O–H groups in total. The first kappa shape index (κ1) is 23.3. The number of hydrogen-bond acceptors (Lipinski definition) is 12. The first-order valence-electron chi connectivity index (χ1n) is 10.2. The molecule has 0 aliphatic carbocycles. The van der Waals surface area contributed by atoms with Crippen molar-refractivity contribution < 1.29 is 29.6 Å². The van der Waals surface area contributed by atoms with Crippen LogP contribution < -0.4 is 21.6 Å². The number of benzene rings is 1. The Hall–Kier alpha value is -3.85. The van der Waals surface area contributed by atoms with Gasteiger partial charge in [0.25, 0.3) is 5.91 Å². The van der Waals surface area contributed by atoms with Crippen LogP contribution in [0.4, 0.5) is 11.8 Å². The van der Waals surface area contributed by atoms with Crippen molar-refractivity contribution in [2.24, 2.45) is 10.8 Å². The van der Waals surface area contributed by atoms with Gasteiger partial charge < -0.3 is 36.3 Å². The molecule has 0 radical (unpaired) electrons. The molecule has 1 aliphatic rings. The highest BCUT2D eigenvalue weighted by atomic mass is 16.6. The van der Waals surface area contributed by atoms with Crippen molar-refractivity contribution in [2.45, 2.75) is 31.5 Å². The zero-order valence-electron chi connectivity index (χ0n) is 18.1. The third kappa shape index (κ3) is 4.34. The number of nitrogens with two attached hydrogens (primary N) is 2. The predicted molar refractivity (Wildman–Crippen MR) is 120 cm³/mol. The van der Waals surface area contributed by atoms with Crippen molar-refractivity contribution in [3.05, 3.63) is 36.2 Å². The molecular formula is C20H24N8O6. The van der Waals surface area contributed by atoms with Gasteiger partial charge in [-0.05, 0) is 19.1 Å². The lowest BCUT2D eigenvalue weighted by molar-refractivity contribution is -0.0501. The number of nitrogens with zero attached hydrogens (tertiary/aromatic N) is 5. The molecule has 3 heterocycles. The van der Waals surface area contributed by atoms with Gasteiger partial charge in [0.05, 0.1) is 17.9 Å². The SMILES string of the molecule is C/C(COc1ccccc1C(N)=O)=N/Nc1nc2c(N)ncnc2n1C1OC(CO)C(O)C1O. The van der Waals surface area contributed by atoms with Crippen LogP contribution in [0.25, 0.3) is 11.2 Å². The number of carbonyl (C=O) groups is 1. The van der Waals surface area contributed by atoms with E-state index in [2.05, 4.69) is 25.5 Å². The van der Waals surface area contributed by atoms with Crippen LogP contribution >= 0.6 is 0 Å². The van der Waals surface area contributed by atoms with Crippen LogP contribution in [-0.2, 0) is 4.74 Å². The number of nitrogen functional groups attached to an aromatic ring is 1. The molecule has 34 heavy (non-hydrogen) atoms. The molecule has 4 atom stereocenters. The molecule has 1 amide bonds. The van der Waals surface area contributed by atoms with Crippen molar-refractivity contribution in [3.8, 4) is 5.75 Å². The number of amides is 1. The van der Waals surface area contributed by atoms with Crippen LogP contribution in [0.3, 0.4) is 0 Å². The first-order chi connectivity index (χ1) is 16.3. The minimum atomic E-state index is -1.38. The fraction of sp³-hybridized carbons (Fsp3) is 0.350. The fourth-order valence-corrected chi connectivity index (χ4v) is 3.50. The smallest absolute Gasteiger partial charge is 0.252 e. The average molecular weight is 472 g/mol. The number of aliphatic hydroxyl groups is 3. The van der Waals surface area contributed by atoms with Gasteiger partial charge in [0.15, 0.2) is 23.2 Å². The Kier molecular flexibility index (Phi) is 6.56.